The van der Waals surface area contributed by atoms with E-state index in [0.29, 0.717) is 26.4 Å². The standard InChI is InChI=1S/C24H22N2O5S/c1-14-20(23(28)31-4)21(16-7-11-18(30-3)12-8-16)26-22(27)19(32-24(26)25-14)13-15-5-9-17(29-2)10-6-15/h5-13,21H,1-4H3/b19-13-/t21-/m1/s1. The lowest BCUT2D eigenvalue weighted by Crippen LogP contribution is -2.39. The van der Waals surface area contributed by atoms with Crippen molar-refractivity contribution in [2.45, 2.75) is 13.0 Å². The van der Waals surface area contributed by atoms with E-state index in [4.69, 9.17) is 14.2 Å². The Labute approximate surface area is 188 Å². The van der Waals surface area contributed by atoms with Crippen LogP contribution in [0.5, 0.6) is 11.5 Å². The molecule has 0 bridgehead atoms. The number of hydrogen-bond acceptors (Lipinski definition) is 7. The molecule has 1 aliphatic heterocycles. The summed E-state index contributed by atoms with van der Waals surface area (Å²) >= 11 is 1.28. The molecule has 164 valence electrons. The fourth-order valence-corrected chi connectivity index (χ4v) is 4.69. The molecular weight excluding hydrogens is 428 g/mol. The van der Waals surface area contributed by atoms with Crippen LogP contribution in [0.3, 0.4) is 0 Å². The number of aromatic nitrogens is 1. The molecule has 0 aliphatic carbocycles. The van der Waals surface area contributed by atoms with Crippen LogP contribution in [0.15, 0.2) is 69.6 Å². The topological polar surface area (TPSA) is 79.1 Å². The van der Waals surface area contributed by atoms with Crippen LogP contribution in [0.25, 0.3) is 6.08 Å². The molecule has 7 nitrogen and oxygen atoms in total. The maximum absolute atomic E-state index is 13.5. The number of hydrogen-bond donors (Lipinski definition) is 0. The zero-order valence-electron chi connectivity index (χ0n) is 18.1. The molecule has 0 unspecified atom stereocenters. The van der Waals surface area contributed by atoms with Gasteiger partial charge < -0.3 is 14.2 Å². The largest absolute Gasteiger partial charge is 0.497 e. The number of nitrogens with zero attached hydrogens (tertiary/aromatic N) is 2. The summed E-state index contributed by atoms with van der Waals surface area (Å²) in [6.07, 6.45) is 1.81. The van der Waals surface area contributed by atoms with Crippen LogP contribution in [0.1, 0.15) is 24.1 Å². The van der Waals surface area contributed by atoms with Gasteiger partial charge in [0.1, 0.15) is 11.5 Å². The maximum Gasteiger partial charge on any atom is 0.338 e. The highest BCUT2D eigenvalue weighted by molar-refractivity contribution is 7.07. The molecule has 1 atom stereocenters. The number of carbonyl (C=O) groups excluding carboxylic acids is 1. The molecule has 3 aromatic rings. The monoisotopic (exact) mass is 450 g/mol. The first-order chi connectivity index (χ1) is 15.5. The third kappa shape index (κ3) is 3.85. The molecular formula is C24H22N2O5S. The van der Waals surface area contributed by atoms with Gasteiger partial charge in [0, 0.05) is 0 Å². The second kappa shape index (κ2) is 8.84. The predicted octanol–water partition coefficient (Wildman–Crippen LogP) is 2.43. The Hall–Kier alpha value is -3.65. The summed E-state index contributed by atoms with van der Waals surface area (Å²) in [5, 5.41) is 0. The first-order valence-electron chi connectivity index (χ1n) is 9.85. The number of fused-ring (bicyclic) bond motifs is 1. The predicted molar refractivity (Wildman–Crippen MR) is 122 cm³/mol. The van der Waals surface area contributed by atoms with Crippen LogP contribution in [-0.4, -0.2) is 31.9 Å². The zero-order chi connectivity index (χ0) is 22.8. The van der Waals surface area contributed by atoms with Gasteiger partial charge in [0.2, 0.25) is 0 Å². The van der Waals surface area contributed by atoms with Gasteiger partial charge in [-0.25, -0.2) is 9.79 Å². The van der Waals surface area contributed by atoms with Crippen molar-refractivity contribution in [2.75, 3.05) is 21.3 Å². The Morgan fingerprint density at radius 3 is 2.16 bits per heavy atom. The normalized spacial score (nSPS) is 15.8. The van der Waals surface area contributed by atoms with Crippen molar-refractivity contribution in [3.63, 3.8) is 0 Å². The minimum Gasteiger partial charge on any atom is -0.497 e. The van der Waals surface area contributed by atoms with Crippen LogP contribution in [-0.2, 0) is 9.53 Å². The van der Waals surface area contributed by atoms with Gasteiger partial charge in [-0.15, -0.1) is 0 Å². The molecule has 0 saturated heterocycles. The van der Waals surface area contributed by atoms with Gasteiger partial charge in [-0.2, -0.15) is 0 Å². The molecule has 2 heterocycles. The molecule has 0 radical (unpaired) electrons. The molecule has 0 spiro atoms. The number of benzene rings is 2. The summed E-state index contributed by atoms with van der Waals surface area (Å²) in [4.78, 5) is 31.2. The third-order valence-electron chi connectivity index (χ3n) is 5.27. The molecule has 8 heteroatoms. The van der Waals surface area contributed by atoms with E-state index < -0.39 is 12.0 Å². The van der Waals surface area contributed by atoms with Gasteiger partial charge in [-0.05, 0) is 48.4 Å². The van der Waals surface area contributed by atoms with Crippen molar-refractivity contribution in [3.8, 4) is 11.5 Å². The summed E-state index contributed by atoms with van der Waals surface area (Å²) in [5.41, 5.74) is 2.26. The Bertz CT molecular complexity index is 1370. The average Bonchev–Trinajstić information content (AvgIpc) is 3.12. The fourth-order valence-electron chi connectivity index (χ4n) is 3.65. The summed E-state index contributed by atoms with van der Waals surface area (Å²) in [7, 11) is 4.51. The average molecular weight is 451 g/mol. The first kappa shape index (κ1) is 21.6. The lowest BCUT2D eigenvalue weighted by molar-refractivity contribution is -0.136. The van der Waals surface area contributed by atoms with Crippen molar-refractivity contribution in [1.29, 1.82) is 0 Å². The van der Waals surface area contributed by atoms with Gasteiger partial charge in [-0.3, -0.25) is 9.36 Å². The highest BCUT2D eigenvalue weighted by atomic mass is 32.1. The van der Waals surface area contributed by atoms with E-state index in [9.17, 15) is 9.59 Å². The molecule has 0 N–H and O–H groups in total. The van der Waals surface area contributed by atoms with Crippen LogP contribution in [0, 0.1) is 0 Å². The van der Waals surface area contributed by atoms with Gasteiger partial charge >= 0.3 is 5.97 Å². The van der Waals surface area contributed by atoms with Gasteiger partial charge in [0.05, 0.1) is 43.2 Å². The van der Waals surface area contributed by atoms with Crippen molar-refractivity contribution >= 4 is 23.4 Å². The number of esters is 1. The van der Waals surface area contributed by atoms with Gasteiger partial charge in [0.15, 0.2) is 4.80 Å². The molecule has 1 aliphatic rings. The molecule has 32 heavy (non-hydrogen) atoms. The fraction of sp³-hybridized carbons (Fsp3) is 0.208. The zero-order valence-corrected chi connectivity index (χ0v) is 18.9. The quantitative estimate of drug-likeness (QED) is 0.558. The van der Waals surface area contributed by atoms with E-state index in [0.717, 1.165) is 16.9 Å². The second-order valence-electron chi connectivity index (χ2n) is 7.12. The molecule has 0 saturated carbocycles. The summed E-state index contributed by atoms with van der Waals surface area (Å²) in [5.74, 6) is 0.902. The Kier molecular flexibility index (Phi) is 5.96. The Morgan fingerprint density at radius 1 is 1.00 bits per heavy atom. The van der Waals surface area contributed by atoms with Crippen molar-refractivity contribution < 1.29 is 19.0 Å². The van der Waals surface area contributed by atoms with E-state index >= 15 is 0 Å². The minimum absolute atomic E-state index is 0.223. The van der Waals surface area contributed by atoms with Crippen LogP contribution < -0.4 is 24.4 Å². The highest BCUT2D eigenvalue weighted by Crippen LogP contribution is 2.31. The maximum atomic E-state index is 13.5. The van der Waals surface area contributed by atoms with Crippen LogP contribution >= 0.6 is 11.3 Å². The SMILES string of the molecule is COC(=O)C1=C(C)N=c2s/c(=C\c3ccc(OC)cc3)c(=O)n2[C@@H]1c1ccc(OC)cc1. The van der Waals surface area contributed by atoms with E-state index in [1.54, 1.807) is 37.8 Å². The second-order valence-corrected chi connectivity index (χ2v) is 8.13. The first-order valence-corrected chi connectivity index (χ1v) is 10.7. The van der Waals surface area contributed by atoms with Gasteiger partial charge in [0.25, 0.3) is 5.56 Å². The molecule has 4 rings (SSSR count). The van der Waals surface area contributed by atoms with Crippen LogP contribution in [0.2, 0.25) is 0 Å². The molecule has 1 aromatic heterocycles. The van der Waals surface area contributed by atoms with E-state index in [1.807, 2.05) is 42.5 Å². The van der Waals surface area contributed by atoms with Crippen molar-refractivity contribution in [1.82, 2.24) is 4.57 Å². The van der Waals surface area contributed by atoms with Crippen molar-refractivity contribution in [2.24, 2.45) is 4.99 Å². The van der Waals surface area contributed by atoms with E-state index in [1.165, 1.54) is 18.4 Å². The highest BCUT2D eigenvalue weighted by Gasteiger charge is 2.33. The number of rotatable bonds is 5. The number of ether oxygens (including phenoxy) is 3. The molecule has 0 fully saturated rings. The Morgan fingerprint density at radius 2 is 1.59 bits per heavy atom. The van der Waals surface area contributed by atoms with Gasteiger partial charge in [-0.1, -0.05) is 35.6 Å². The Balaban J connectivity index is 1.92. The van der Waals surface area contributed by atoms with E-state index in [-0.39, 0.29) is 5.56 Å². The van der Waals surface area contributed by atoms with Crippen molar-refractivity contribution in [3.05, 3.63) is 90.6 Å². The van der Waals surface area contributed by atoms with E-state index in [2.05, 4.69) is 4.99 Å². The number of carbonyl (C=O) groups is 1. The number of methoxy groups -OCH3 is 3. The smallest absolute Gasteiger partial charge is 0.338 e. The number of allylic oxidation sites excluding steroid dienone is 1. The third-order valence-corrected chi connectivity index (χ3v) is 6.26. The number of thiazole rings is 1. The molecule has 2 aromatic carbocycles. The minimum atomic E-state index is -0.650. The summed E-state index contributed by atoms with van der Waals surface area (Å²) < 4.78 is 17.5. The summed E-state index contributed by atoms with van der Waals surface area (Å²) in [6.45, 7) is 1.75. The molecule has 0 amide bonds. The lowest BCUT2D eigenvalue weighted by Gasteiger charge is -2.24. The lowest BCUT2D eigenvalue weighted by atomic mass is 9.96. The summed E-state index contributed by atoms with van der Waals surface area (Å²) in [6, 6.07) is 14.1. The van der Waals surface area contributed by atoms with Crippen LogP contribution in [0.4, 0.5) is 0 Å².